The summed E-state index contributed by atoms with van der Waals surface area (Å²) in [6.45, 7) is 0. The van der Waals surface area contributed by atoms with Crippen LogP contribution < -0.4 is 10.1 Å². The lowest BCUT2D eigenvalue weighted by Gasteiger charge is -2.09. The van der Waals surface area contributed by atoms with Gasteiger partial charge in [-0.3, -0.25) is 9.78 Å². The van der Waals surface area contributed by atoms with Crippen LogP contribution >= 0.6 is 11.3 Å². The number of aromatic nitrogens is 1. The van der Waals surface area contributed by atoms with Crippen LogP contribution in [0, 0.1) is 11.3 Å². The highest BCUT2D eigenvalue weighted by molar-refractivity contribution is 7.11. The second kappa shape index (κ2) is 5.29. The minimum absolute atomic E-state index is 0.250. The van der Waals surface area contributed by atoms with E-state index in [-0.39, 0.29) is 5.91 Å². The number of methoxy groups -OCH3 is 1. The summed E-state index contributed by atoms with van der Waals surface area (Å²) >= 11 is 1.26. The molecule has 0 unspecified atom stereocenters. The highest BCUT2D eigenvalue weighted by Gasteiger charge is 2.11. The van der Waals surface area contributed by atoms with E-state index < -0.39 is 0 Å². The van der Waals surface area contributed by atoms with E-state index in [9.17, 15) is 4.79 Å². The number of hydrogen-bond acceptors (Lipinski definition) is 5. The van der Waals surface area contributed by atoms with Crippen LogP contribution in [-0.2, 0) is 0 Å². The molecule has 90 valence electrons. The Morgan fingerprint density at radius 1 is 1.56 bits per heavy atom. The zero-order valence-electron chi connectivity index (χ0n) is 9.51. The Kier molecular flexibility index (Phi) is 3.55. The molecule has 0 radical (unpaired) electrons. The molecule has 1 aromatic heterocycles. The van der Waals surface area contributed by atoms with Crippen molar-refractivity contribution < 1.29 is 9.53 Å². The molecule has 1 heterocycles. The van der Waals surface area contributed by atoms with E-state index in [2.05, 4.69) is 10.3 Å². The van der Waals surface area contributed by atoms with Gasteiger partial charge < -0.3 is 10.1 Å². The fourth-order valence-corrected chi connectivity index (χ4v) is 1.89. The van der Waals surface area contributed by atoms with Gasteiger partial charge in [-0.25, -0.2) is 0 Å². The quantitative estimate of drug-likeness (QED) is 0.917. The number of nitrogens with one attached hydrogen (secondary N) is 1. The number of ether oxygens (including phenoxy) is 1. The van der Waals surface area contributed by atoms with Crippen molar-refractivity contribution in [2.75, 3.05) is 12.4 Å². The monoisotopic (exact) mass is 259 g/mol. The maximum atomic E-state index is 11.8. The van der Waals surface area contributed by atoms with Crippen LogP contribution in [0.1, 0.15) is 15.2 Å². The van der Waals surface area contributed by atoms with Gasteiger partial charge in [0.2, 0.25) is 0 Å². The normalized spacial score (nSPS) is 9.56. The molecule has 0 atom stereocenters. The van der Waals surface area contributed by atoms with Gasteiger partial charge in [-0.15, -0.1) is 11.3 Å². The third-order valence-corrected chi connectivity index (χ3v) is 3.01. The maximum Gasteiger partial charge on any atom is 0.267 e. The highest BCUT2D eigenvalue weighted by atomic mass is 32.1. The third kappa shape index (κ3) is 2.47. The van der Waals surface area contributed by atoms with Crippen LogP contribution in [0.15, 0.2) is 29.9 Å². The third-order valence-electron chi connectivity index (χ3n) is 2.23. The van der Waals surface area contributed by atoms with Crippen molar-refractivity contribution in [3.63, 3.8) is 0 Å². The molecule has 0 bridgehead atoms. The van der Waals surface area contributed by atoms with E-state index >= 15 is 0 Å². The summed E-state index contributed by atoms with van der Waals surface area (Å²) in [5.74, 6) is 0.201. The predicted molar refractivity (Wildman–Crippen MR) is 67.8 cm³/mol. The van der Waals surface area contributed by atoms with Crippen LogP contribution in [-0.4, -0.2) is 18.0 Å². The van der Waals surface area contributed by atoms with E-state index in [1.54, 1.807) is 23.7 Å². The number of carbonyl (C=O) groups excluding carboxylic acids is 1. The van der Waals surface area contributed by atoms with Crippen molar-refractivity contribution >= 4 is 22.9 Å². The standard InChI is InChI=1S/C12H9N3O2S/c1-17-10-4-8(5-13)2-3-9(10)15-12(16)11-6-14-7-18-11/h2-4,6-7H,1H3,(H,15,16). The lowest BCUT2D eigenvalue weighted by Crippen LogP contribution is -2.11. The molecular formula is C12H9N3O2S. The summed E-state index contributed by atoms with van der Waals surface area (Å²) in [6.07, 6.45) is 1.50. The summed E-state index contributed by atoms with van der Waals surface area (Å²) < 4.78 is 5.13. The van der Waals surface area contributed by atoms with Gasteiger partial charge in [-0.1, -0.05) is 0 Å². The minimum Gasteiger partial charge on any atom is -0.495 e. The first-order valence-electron chi connectivity index (χ1n) is 5.02. The van der Waals surface area contributed by atoms with E-state index in [0.717, 1.165) is 0 Å². The first-order chi connectivity index (χ1) is 8.74. The Labute approximate surface area is 108 Å². The summed E-state index contributed by atoms with van der Waals surface area (Å²) in [5, 5.41) is 11.5. The molecule has 0 fully saturated rings. The van der Waals surface area contributed by atoms with E-state index in [1.807, 2.05) is 6.07 Å². The van der Waals surface area contributed by atoms with Crippen molar-refractivity contribution in [1.82, 2.24) is 4.98 Å². The number of hydrogen-bond donors (Lipinski definition) is 1. The van der Waals surface area contributed by atoms with Gasteiger partial charge in [0.25, 0.3) is 5.91 Å². The molecule has 0 saturated carbocycles. The van der Waals surface area contributed by atoms with Gasteiger partial charge >= 0.3 is 0 Å². The van der Waals surface area contributed by atoms with Gasteiger partial charge in [-0.05, 0) is 12.1 Å². The summed E-state index contributed by atoms with van der Waals surface area (Å²) in [4.78, 5) is 16.2. The van der Waals surface area contributed by atoms with Gasteiger partial charge in [0.15, 0.2) is 0 Å². The summed E-state index contributed by atoms with van der Waals surface area (Å²) in [7, 11) is 1.48. The van der Waals surface area contributed by atoms with Crippen molar-refractivity contribution in [3.05, 3.63) is 40.3 Å². The number of rotatable bonds is 3. The molecule has 18 heavy (non-hydrogen) atoms. The van der Waals surface area contributed by atoms with E-state index in [1.165, 1.54) is 24.6 Å². The van der Waals surface area contributed by atoms with Crippen molar-refractivity contribution in [2.45, 2.75) is 0 Å². The topological polar surface area (TPSA) is 75.0 Å². The molecule has 1 N–H and O–H groups in total. The van der Waals surface area contributed by atoms with Gasteiger partial charge in [0.1, 0.15) is 10.6 Å². The Balaban J connectivity index is 2.24. The Morgan fingerprint density at radius 2 is 2.39 bits per heavy atom. The van der Waals surface area contributed by atoms with Crippen molar-refractivity contribution in [1.29, 1.82) is 5.26 Å². The first-order valence-corrected chi connectivity index (χ1v) is 5.90. The Hall–Kier alpha value is -2.39. The summed E-state index contributed by atoms with van der Waals surface area (Å²) in [6, 6.07) is 6.83. The largest absolute Gasteiger partial charge is 0.495 e. The number of anilines is 1. The summed E-state index contributed by atoms with van der Waals surface area (Å²) in [5.41, 5.74) is 2.59. The smallest absolute Gasteiger partial charge is 0.267 e. The fourth-order valence-electron chi connectivity index (χ4n) is 1.38. The van der Waals surface area contributed by atoms with E-state index in [0.29, 0.717) is 21.9 Å². The molecular weight excluding hydrogens is 250 g/mol. The van der Waals surface area contributed by atoms with Crippen LogP contribution in [0.25, 0.3) is 0 Å². The molecule has 0 spiro atoms. The zero-order chi connectivity index (χ0) is 13.0. The fraction of sp³-hybridized carbons (Fsp3) is 0.0833. The second-order valence-corrected chi connectivity index (χ2v) is 4.23. The van der Waals surface area contributed by atoms with Crippen molar-refractivity contribution in [3.8, 4) is 11.8 Å². The molecule has 0 aliphatic heterocycles. The SMILES string of the molecule is COc1cc(C#N)ccc1NC(=O)c1cncs1. The Morgan fingerprint density at radius 3 is 3.00 bits per heavy atom. The number of nitriles is 1. The second-order valence-electron chi connectivity index (χ2n) is 3.35. The molecule has 2 rings (SSSR count). The molecule has 1 aromatic carbocycles. The van der Waals surface area contributed by atoms with Gasteiger partial charge in [0, 0.05) is 6.07 Å². The molecule has 0 saturated heterocycles. The van der Waals surface area contributed by atoms with Crippen LogP contribution in [0.5, 0.6) is 5.75 Å². The molecule has 2 aromatic rings. The Bertz CT molecular complexity index is 602. The molecule has 1 amide bonds. The highest BCUT2D eigenvalue weighted by Crippen LogP contribution is 2.26. The lowest BCUT2D eigenvalue weighted by molar-refractivity contribution is 0.103. The average molecular weight is 259 g/mol. The first kappa shape index (κ1) is 12.1. The molecule has 0 aliphatic rings. The molecule has 5 nitrogen and oxygen atoms in total. The molecule has 0 aliphatic carbocycles. The lowest BCUT2D eigenvalue weighted by atomic mass is 10.2. The zero-order valence-corrected chi connectivity index (χ0v) is 10.3. The number of carbonyl (C=O) groups is 1. The van der Waals surface area contributed by atoms with Crippen LogP contribution in [0.2, 0.25) is 0 Å². The predicted octanol–water partition coefficient (Wildman–Crippen LogP) is 2.28. The van der Waals surface area contributed by atoms with E-state index in [4.69, 9.17) is 10.00 Å². The van der Waals surface area contributed by atoms with Gasteiger partial charge in [-0.2, -0.15) is 5.26 Å². The average Bonchev–Trinajstić information content (AvgIpc) is 2.93. The van der Waals surface area contributed by atoms with Crippen molar-refractivity contribution in [2.24, 2.45) is 0 Å². The number of amides is 1. The van der Waals surface area contributed by atoms with Crippen LogP contribution in [0.4, 0.5) is 5.69 Å². The molecule has 6 heteroatoms. The van der Waals surface area contributed by atoms with Gasteiger partial charge in [0.05, 0.1) is 36.1 Å². The number of benzene rings is 1. The minimum atomic E-state index is -0.250. The van der Waals surface area contributed by atoms with Crippen LogP contribution in [0.3, 0.4) is 0 Å². The maximum absolute atomic E-state index is 11.8. The number of thiazole rings is 1. The number of nitrogens with zero attached hydrogens (tertiary/aromatic N) is 2.